The average molecular weight is 304 g/mol. The highest BCUT2D eigenvalue weighted by atomic mass is 16.5. The molecule has 0 amide bonds. The monoisotopic (exact) mass is 304 g/mol. The van der Waals surface area contributed by atoms with E-state index in [2.05, 4.69) is 10.1 Å². The van der Waals surface area contributed by atoms with Gasteiger partial charge in [0, 0.05) is 12.1 Å². The summed E-state index contributed by atoms with van der Waals surface area (Å²) in [5.41, 5.74) is 0.914. The fourth-order valence-electron chi connectivity index (χ4n) is 3.26. The van der Waals surface area contributed by atoms with E-state index in [1.54, 1.807) is 6.26 Å². The van der Waals surface area contributed by atoms with Gasteiger partial charge in [-0.1, -0.05) is 18.0 Å². The van der Waals surface area contributed by atoms with Gasteiger partial charge in [-0.3, -0.25) is 4.90 Å². The minimum Gasteiger partial charge on any atom is -0.467 e. The van der Waals surface area contributed by atoms with Crippen LogP contribution in [0.3, 0.4) is 0 Å². The molecular formula is C17H24N2O3. The Hall–Kier alpha value is -1.59. The van der Waals surface area contributed by atoms with Crippen molar-refractivity contribution in [2.24, 2.45) is 0 Å². The Labute approximate surface area is 130 Å². The highest BCUT2D eigenvalue weighted by Gasteiger charge is 2.26. The smallest absolute Gasteiger partial charge is 0.150 e. The summed E-state index contributed by atoms with van der Waals surface area (Å²) in [6, 6.07) is 5.99. The molecule has 120 valence electrons. The Balaban J connectivity index is 1.67. The van der Waals surface area contributed by atoms with Crippen molar-refractivity contribution in [1.29, 1.82) is 0 Å². The molecule has 1 N–H and O–H groups in total. The molecule has 0 saturated carbocycles. The Morgan fingerprint density at radius 2 is 2.32 bits per heavy atom. The lowest BCUT2D eigenvalue weighted by molar-refractivity contribution is 0.0788. The van der Waals surface area contributed by atoms with Crippen LogP contribution in [-0.2, 0) is 6.54 Å². The fraction of sp³-hybridized carbons (Fsp3) is 0.588. The summed E-state index contributed by atoms with van der Waals surface area (Å²) in [6.45, 7) is 3.74. The van der Waals surface area contributed by atoms with Crippen LogP contribution < -0.4 is 0 Å². The minimum atomic E-state index is -0.544. The first-order valence-electron chi connectivity index (χ1n) is 8.10. The first-order chi connectivity index (χ1) is 10.7. The van der Waals surface area contributed by atoms with Gasteiger partial charge in [-0.05, 0) is 44.9 Å². The van der Waals surface area contributed by atoms with Crippen LogP contribution in [0.15, 0.2) is 33.4 Å². The number of likely N-dealkylation sites (tertiary alicyclic amines) is 1. The van der Waals surface area contributed by atoms with Crippen molar-refractivity contribution in [3.05, 3.63) is 41.7 Å². The molecule has 0 aliphatic carbocycles. The van der Waals surface area contributed by atoms with Crippen LogP contribution in [0.1, 0.15) is 55.4 Å². The van der Waals surface area contributed by atoms with Crippen LogP contribution >= 0.6 is 0 Å². The van der Waals surface area contributed by atoms with Crippen LogP contribution in [0.5, 0.6) is 0 Å². The third-order valence-corrected chi connectivity index (χ3v) is 4.40. The zero-order chi connectivity index (χ0) is 15.4. The minimum absolute atomic E-state index is 0.341. The molecule has 0 aromatic carbocycles. The van der Waals surface area contributed by atoms with E-state index in [0.29, 0.717) is 18.2 Å². The van der Waals surface area contributed by atoms with Gasteiger partial charge in [0.2, 0.25) is 0 Å². The molecule has 1 aliphatic heterocycles. The SMILES string of the molecule is Cc1cc(CN2CCCCC[C@@H]2C[C@H](O)c2ccco2)on1. The number of hydrogen-bond acceptors (Lipinski definition) is 5. The van der Waals surface area contributed by atoms with Gasteiger partial charge >= 0.3 is 0 Å². The van der Waals surface area contributed by atoms with Crippen molar-refractivity contribution < 1.29 is 14.0 Å². The molecule has 2 aromatic rings. The van der Waals surface area contributed by atoms with E-state index in [1.165, 1.54) is 19.3 Å². The van der Waals surface area contributed by atoms with E-state index in [4.69, 9.17) is 8.94 Å². The summed E-state index contributed by atoms with van der Waals surface area (Å²) >= 11 is 0. The number of hydrogen-bond donors (Lipinski definition) is 1. The van der Waals surface area contributed by atoms with Crippen molar-refractivity contribution in [1.82, 2.24) is 10.1 Å². The van der Waals surface area contributed by atoms with Gasteiger partial charge < -0.3 is 14.0 Å². The second-order valence-corrected chi connectivity index (χ2v) is 6.18. The molecule has 0 spiro atoms. The number of rotatable bonds is 5. The normalized spacial score (nSPS) is 21.6. The van der Waals surface area contributed by atoms with Gasteiger partial charge in [0.15, 0.2) is 5.76 Å². The molecule has 5 nitrogen and oxygen atoms in total. The number of nitrogens with zero attached hydrogens (tertiary/aromatic N) is 2. The summed E-state index contributed by atoms with van der Waals surface area (Å²) in [6.07, 6.45) is 6.52. The molecule has 0 radical (unpaired) electrons. The first kappa shape index (κ1) is 15.3. The third kappa shape index (κ3) is 3.78. The molecular weight excluding hydrogens is 280 g/mol. The number of aryl methyl sites for hydroxylation is 1. The van der Waals surface area contributed by atoms with E-state index in [9.17, 15) is 5.11 Å². The maximum Gasteiger partial charge on any atom is 0.150 e. The zero-order valence-electron chi connectivity index (χ0n) is 13.1. The number of aliphatic hydroxyl groups is 1. The molecule has 2 aromatic heterocycles. The van der Waals surface area contributed by atoms with E-state index in [1.807, 2.05) is 25.1 Å². The second kappa shape index (κ2) is 7.11. The predicted octanol–water partition coefficient (Wildman–Crippen LogP) is 3.44. The van der Waals surface area contributed by atoms with Gasteiger partial charge in [-0.15, -0.1) is 0 Å². The molecule has 3 heterocycles. The highest BCUT2D eigenvalue weighted by Crippen LogP contribution is 2.27. The van der Waals surface area contributed by atoms with Crippen LogP contribution in [0.2, 0.25) is 0 Å². The summed E-state index contributed by atoms with van der Waals surface area (Å²) in [5, 5.41) is 14.4. The maximum atomic E-state index is 10.4. The van der Waals surface area contributed by atoms with Gasteiger partial charge in [-0.2, -0.15) is 0 Å². The summed E-state index contributed by atoms with van der Waals surface area (Å²) in [7, 11) is 0. The standard InChI is InChI=1S/C17H24N2O3/c1-13-10-15(22-18-13)12-19-8-4-2-3-6-14(19)11-16(20)17-7-5-9-21-17/h5,7,9-10,14,16,20H,2-4,6,8,11-12H2,1H3/t14-,16+/m1/s1. The summed E-state index contributed by atoms with van der Waals surface area (Å²) < 4.78 is 10.7. The van der Waals surface area contributed by atoms with Crippen molar-refractivity contribution in [2.45, 2.75) is 57.7 Å². The van der Waals surface area contributed by atoms with E-state index in [0.717, 1.165) is 31.0 Å². The van der Waals surface area contributed by atoms with Gasteiger partial charge in [0.1, 0.15) is 11.9 Å². The molecule has 1 fully saturated rings. The Kier molecular flexibility index (Phi) is 4.95. The molecule has 3 rings (SSSR count). The van der Waals surface area contributed by atoms with Crippen molar-refractivity contribution >= 4 is 0 Å². The highest BCUT2D eigenvalue weighted by molar-refractivity contribution is 5.05. The van der Waals surface area contributed by atoms with Gasteiger partial charge in [0.25, 0.3) is 0 Å². The number of furan rings is 1. The van der Waals surface area contributed by atoms with Crippen LogP contribution in [-0.4, -0.2) is 27.7 Å². The van der Waals surface area contributed by atoms with E-state index >= 15 is 0 Å². The summed E-state index contributed by atoms with van der Waals surface area (Å²) in [4.78, 5) is 2.42. The van der Waals surface area contributed by atoms with Crippen molar-refractivity contribution in [3.63, 3.8) is 0 Å². The summed E-state index contributed by atoms with van der Waals surface area (Å²) in [5.74, 6) is 1.55. The quantitative estimate of drug-likeness (QED) is 0.916. The van der Waals surface area contributed by atoms with Gasteiger partial charge in [-0.25, -0.2) is 0 Å². The van der Waals surface area contributed by atoms with Crippen LogP contribution in [0.4, 0.5) is 0 Å². The fourth-order valence-corrected chi connectivity index (χ4v) is 3.26. The Bertz CT molecular complexity index is 564. The number of aliphatic hydroxyl groups excluding tert-OH is 1. The van der Waals surface area contributed by atoms with E-state index < -0.39 is 6.10 Å². The lowest BCUT2D eigenvalue weighted by Gasteiger charge is -2.30. The molecule has 0 bridgehead atoms. The molecule has 2 atom stereocenters. The molecule has 22 heavy (non-hydrogen) atoms. The molecule has 5 heteroatoms. The van der Waals surface area contributed by atoms with Gasteiger partial charge in [0.05, 0.1) is 18.5 Å². The third-order valence-electron chi connectivity index (χ3n) is 4.40. The second-order valence-electron chi connectivity index (χ2n) is 6.18. The Morgan fingerprint density at radius 1 is 1.41 bits per heavy atom. The van der Waals surface area contributed by atoms with Crippen LogP contribution in [0.25, 0.3) is 0 Å². The van der Waals surface area contributed by atoms with E-state index in [-0.39, 0.29) is 0 Å². The largest absolute Gasteiger partial charge is 0.467 e. The van der Waals surface area contributed by atoms with Crippen molar-refractivity contribution in [3.8, 4) is 0 Å². The van der Waals surface area contributed by atoms with Crippen LogP contribution in [0, 0.1) is 6.92 Å². The first-order valence-corrected chi connectivity index (χ1v) is 8.10. The lowest BCUT2D eigenvalue weighted by Crippen LogP contribution is -2.35. The average Bonchev–Trinajstić information content (AvgIpc) is 3.12. The lowest BCUT2D eigenvalue weighted by atomic mass is 10.0. The zero-order valence-corrected chi connectivity index (χ0v) is 13.1. The maximum absolute atomic E-state index is 10.4. The molecule has 0 unspecified atom stereocenters. The Morgan fingerprint density at radius 3 is 3.05 bits per heavy atom. The molecule has 1 aliphatic rings. The number of aromatic nitrogens is 1. The predicted molar refractivity (Wildman–Crippen MR) is 82.2 cm³/mol. The topological polar surface area (TPSA) is 62.6 Å². The molecule has 1 saturated heterocycles. The van der Waals surface area contributed by atoms with Crippen molar-refractivity contribution in [2.75, 3.05) is 6.54 Å².